The number of benzene rings is 2. The third kappa shape index (κ3) is 5.76. The molecule has 0 spiro atoms. The molecule has 1 amide bonds. The van der Waals surface area contributed by atoms with E-state index in [-0.39, 0.29) is 11.3 Å². The van der Waals surface area contributed by atoms with E-state index < -0.39 is 0 Å². The van der Waals surface area contributed by atoms with Crippen LogP contribution in [0.1, 0.15) is 42.3 Å². The first-order valence-corrected chi connectivity index (χ1v) is 9.13. The van der Waals surface area contributed by atoms with Gasteiger partial charge in [-0.1, -0.05) is 63.2 Å². The molecular formula is C20H25NOS. The molecule has 3 heteroatoms. The number of hydrogen-bond donors (Lipinski definition) is 1. The molecule has 0 saturated carbocycles. The summed E-state index contributed by atoms with van der Waals surface area (Å²) in [6.45, 7) is 7.21. The number of nitrogens with one attached hydrogen (secondary N) is 1. The first-order chi connectivity index (χ1) is 11.0. The highest BCUT2D eigenvalue weighted by molar-refractivity contribution is 7.98. The average Bonchev–Trinajstić information content (AvgIpc) is 2.54. The normalized spacial score (nSPS) is 11.3. The molecule has 0 aliphatic carbocycles. The molecule has 122 valence electrons. The van der Waals surface area contributed by atoms with Gasteiger partial charge >= 0.3 is 0 Å². The third-order valence-corrected chi connectivity index (χ3v) is 4.69. The molecule has 2 aromatic rings. The second kappa shape index (κ2) is 8.21. The van der Waals surface area contributed by atoms with Crippen molar-refractivity contribution in [1.82, 2.24) is 5.32 Å². The average molecular weight is 327 g/mol. The van der Waals surface area contributed by atoms with Crippen molar-refractivity contribution < 1.29 is 4.79 Å². The van der Waals surface area contributed by atoms with Gasteiger partial charge in [-0.15, -0.1) is 0 Å². The number of carbonyl (C=O) groups excluding carboxylic acids is 1. The van der Waals surface area contributed by atoms with Gasteiger partial charge in [0.25, 0.3) is 5.91 Å². The number of amides is 1. The monoisotopic (exact) mass is 327 g/mol. The summed E-state index contributed by atoms with van der Waals surface area (Å²) in [5.74, 6) is 1.91. The fourth-order valence-corrected chi connectivity index (χ4v) is 3.04. The van der Waals surface area contributed by atoms with E-state index in [9.17, 15) is 4.79 Å². The van der Waals surface area contributed by atoms with Crippen LogP contribution in [-0.4, -0.2) is 18.2 Å². The van der Waals surface area contributed by atoms with Crippen molar-refractivity contribution in [3.63, 3.8) is 0 Å². The minimum absolute atomic E-state index is 0.00534. The Kier molecular flexibility index (Phi) is 6.28. The van der Waals surface area contributed by atoms with Crippen LogP contribution in [0.25, 0.3) is 0 Å². The molecular weight excluding hydrogens is 302 g/mol. The predicted molar refractivity (Wildman–Crippen MR) is 100 cm³/mol. The Morgan fingerprint density at radius 3 is 2.26 bits per heavy atom. The topological polar surface area (TPSA) is 29.1 Å². The van der Waals surface area contributed by atoms with Gasteiger partial charge < -0.3 is 5.32 Å². The molecule has 0 bridgehead atoms. The lowest BCUT2D eigenvalue weighted by Crippen LogP contribution is -2.25. The van der Waals surface area contributed by atoms with Crippen molar-refractivity contribution in [3.8, 4) is 0 Å². The summed E-state index contributed by atoms with van der Waals surface area (Å²) >= 11 is 1.83. The lowest BCUT2D eigenvalue weighted by molar-refractivity contribution is 0.0956. The van der Waals surface area contributed by atoms with Crippen molar-refractivity contribution in [2.24, 2.45) is 0 Å². The van der Waals surface area contributed by atoms with Crippen LogP contribution < -0.4 is 5.32 Å². The smallest absolute Gasteiger partial charge is 0.251 e. The predicted octanol–water partition coefficient (Wildman–Crippen LogP) is 4.65. The number of thioether (sulfide) groups is 1. The van der Waals surface area contributed by atoms with Gasteiger partial charge in [-0.2, -0.15) is 11.8 Å². The van der Waals surface area contributed by atoms with Crippen LogP contribution in [-0.2, 0) is 11.2 Å². The van der Waals surface area contributed by atoms with E-state index in [1.807, 2.05) is 42.1 Å². The number of carbonyl (C=O) groups is 1. The standard InChI is InChI=1S/C20H25NOS/c1-20(2,3)18-11-9-17(10-12-18)19(22)21-13-14-23-15-16-7-5-4-6-8-16/h4-12H,13-15H2,1-3H3,(H,21,22). The van der Waals surface area contributed by atoms with Crippen LogP contribution in [0, 0.1) is 0 Å². The molecule has 0 saturated heterocycles. The van der Waals surface area contributed by atoms with Crippen molar-refractivity contribution in [1.29, 1.82) is 0 Å². The molecule has 0 atom stereocenters. The third-order valence-electron chi connectivity index (χ3n) is 3.66. The summed E-state index contributed by atoms with van der Waals surface area (Å²) in [6, 6.07) is 18.3. The van der Waals surface area contributed by atoms with E-state index in [4.69, 9.17) is 0 Å². The van der Waals surface area contributed by atoms with Crippen LogP contribution >= 0.6 is 11.8 Å². The first kappa shape index (κ1) is 17.6. The highest BCUT2D eigenvalue weighted by Gasteiger charge is 2.14. The van der Waals surface area contributed by atoms with Crippen LogP contribution in [0.2, 0.25) is 0 Å². The second-order valence-electron chi connectivity index (χ2n) is 6.62. The van der Waals surface area contributed by atoms with E-state index in [2.05, 4.69) is 50.4 Å². The fraction of sp³-hybridized carbons (Fsp3) is 0.350. The van der Waals surface area contributed by atoms with Gasteiger partial charge in [-0.05, 0) is 28.7 Å². The molecule has 0 unspecified atom stereocenters. The maximum Gasteiger partial charge on any atom is 0.251 e. The molecule has 2 rings (SSSR count). The summed E-state index contributed by atoms with van der Waals surface area (Å²) in [7, 11) is 0. The summed E-state index contributed by atoms with van der Waals surface area (Å²) in [4.78, 5) is 12.1. The zero-order valence-electron chi connectivity index (χ0n) is 14.1. The lowest BCUT2D eigenvalue weighted by Gasteiger charge is -2.19. The van der Waals surface area contributed by atoms with Gasteiger partial charge in [0.1, 0.15) is 0 Å². The maximum absolute atomic E-state index is 12.1. The summed E-state index contributed by atoms with van der Waals surface area (Å²) in [6.07, 6.45) is 0. The van der Waals surface area contributed by atoms with E-state index in [1.165, 1.54) is 11.1 Å². The zero-order valence-corrected chi connectivity index (χ0v) is 15.0. The van der Waals surface area contributed by atoms with E-state index in [0.29, 0.717) is 6.54 Å². The summed E-state index contributed by atoms with van der Waals surface area (Å²) in [5, 5.41) is 2.98. The van der Waals surface area contributed by atoms with Crippen LogP contribution in [0.4, 0.5) is 0 Å². The van der Waals surface area contributed by atoms with Crippen molar-refractivity contribution in [2.75, 3.05) is 12.3 Å². The quantitative estimate of drug-likeness (QED) is 0.783. The van der Waals surface area contributed by atoms with Gasteiger partial charge in [-0.3, -0.25) is 4.79 Å². The van der Waals surface area contributed by atoms with Gasteiger partial charge in [-0.25, -0.2) is 0 Å². The molecule has 23 heavy (non-hydrogen) atoms. The Bertz CT molecular complexity index is 614. The van der Waals surface area contributed by atoms with E-state index in [0.717, 1.165) is 17.1 Å². The highest BCUT2D eigenvalue weighted by Crippen LogP contribution is 2.22. The minimum Gasteiger partial charge on any atom is -0.351 e. The van der Waals surface area contributed by atoms with E-state index in [1.54, 1.807) is 0 Å². The van der Waals surface area contributed by atoms with Crippen LogP contribution in [0.15, 0.2) is 54.6 Å². The zero-order chi connectivity index (χ0) is 16.7. The fourth-order valence-electron chi connectivity index (χ4n) is 2.22. The van der Waals surface area contributed by atoms with Crippen molar-refractivity contribution in [3.05, 3.63) is 71.3 Å². The summed E-state index contributed by atoms with van der Waals surface area (Å²) in [5.41, 5.74) is 3.41. The maximum atomic E-state index is 12.1. The Hall–Kier alpha value is -1.74. The Balaban J connectivity index is 1.72. The Labute approximate surface area is 143 Å². The summed E-state index contributed by atoms with van der Waals surface area (Å²) < 4.78 is 0. The second-order valence-corrected chi connectivity index (χ2v) is 7.73. The van der Waals surface area contributed by atoms with Crippen molar-refractivity contribution >= 4 is 17.7 Å². The lowest BCUT2D eigenvalue weighted by atomic mass is 9.87. The molecule has 0 heterocycles. The molecule has 0 aliphatic rings. The van der Waals surface area contributed by atoms with Crippen LogP contribution in [0.5, 0.6) is 0 Å². The Morgan fingerprint density at radius 2 is 1.65 bits per heavy atom. The molecule has 0 radical (unpaired) electrons. The SMILES string of the molecule is CC(C)(C)c1ccc(C(=O)NCCSCc2ccccc2)cc1. The Morgan fingerprint density at radius 1 is 1.00 bits per heavy atom. The number of hydrogen-bond acceptors (Lipinski definition) is 2. The molecule has 1 N–H and O–H groups in total. The highest BCUT2D eigenvalue weighted by atomic mass is 32.2. The van der Waals surface area contributed by atoms with Gasteiger partial charge in [0.05, 0.1) is 0 Å². The molecule has 2 nitrogen and oxygen atoms in total. The largest absolute Gasteiger partial charge is 0.351 e. The van der Waals surface area contributed by atoms with Crippen LogP contribution in [0.3, 0.4) is 0 Å². The van der Waals surface area contributed by atoms with Gasteiger partial charge in [0, 0.05) is 23.6 Å². The van der Waals surface area contributed by atoms with Gasteiger partial charge in [0.2, 0.25) is 0 Å². The number of rotatable bonds is 6. The molecule has 0 aromatic heterocycles. The molecule has 0 aliphatic heterocycles. The van der Waals surface area contributed by atoms with Crippen molar-refractivity contribution in [2.45, 2.75) is 31.9 Å². The first-order valence-electron chi connectivity index (χ1n) is 7.97. The molecule has 2 aromatic carbocycles. The van der Waals surface area contributed by atoms with E-state index >= 15 is 0 Å². The molecule has 0 fully saturated rings. The van der Waals surface area contributed by atoms with Gasteiger partial charge in [0.15, 0.2) is 0 Å². The minimum atomic E-state index is 0.00534.